The molecule has 5 rings (SSSR count). The van der Waals surface area contributed by atoms with Gasteiger partial charge in [0, 0.05) is 28.4 Å². The Kier molecular flexibility index (Phi) is 6.33. The van der Waals surface area contributed by atoms with Crippen LogP contribution in [-0.2, 0) is 20.9 Å². The van der Waals surface area contributed by atoms with Gasteiger partial charge in [-0.15, -0.1) is 0 Å². The molecule has 3 amide bonds. The molecule has 1 saturated heterocycles. The summed E-state index contributed by atoms with van der Waals surface area (Å²) in [5.41, 5.74) is 1.32. The summed E-state index contributed by atoms with van der Waals surface area (Å²) in [6.07, 6.45) is 3.03. The average Bonchev–Trinajstić information content (AvgIpc) is 3.21. The Morgan fingerprint density at radius 1 is 0.973 bits per heavy atom. The Hall–Kier alpha value is -4.70. The van der Waals surface area contributed by atoms with Crippen molar-refractivity contribution < 1.29 is 23.2 Å². The lowest BCUT2D eigenvalue weighted by Gasteiger charge is -2.29. The van der Waals surface area contributed by atoms with Gasteiger partial charge < -0.3 is 9.88 Å². The van der Waals surface area contributed by atoms with E-state index in [2.05, 4.69) is 10.6 Å². The van der Waals surface area contributed by atoms with E-state index in [1.165, 1.54) is 48.5 Å². The normalized spacial score (nSPS) is 14.8. The Morgan fingerprint density at radius 2 is 1.68 bits per heavy atom. The molecule has 37 heavy (non-hydrogen) atoms. The summed E-state index contributed by atoms with van der Waals surface area (Å²) in [6, 6.07) is 18.2. The maximum Gasteiger partial charge on any atom is 0.270 e. The van der Waals surface area contributed by atoms with Gasteiger partial charge in [0.1, 0.15) is 23.8 Å². The second-order valence-electron chi connectivity index (χ2n) is 8.19. The molecule has 1 aliphatic heterocycles. The minimum absolute atomic E-state index is 0.0767. The van der Waals surface area contributed by atoms with Crippen molar-refractivity contribution in [3.05, 3.63) is 102 Å². The minimum Gasteiger partial charge on any atom is -0.337 e. The first-order valence-corrected chi connectivity index (χ1v) is 11.5. The Balaban J connectivity index is 1.49. The number of halogens is 2. The molecule has 0 bridgehead atoms. The molecule has 0 unspecified atom stereocenters. The fourth-order valence-electron chi connectivity index (χ4n) is 4.07. The average molecular weight is 517 g/mol. The summed E-state index contributed by atoms with van der Waals surface area (Å²) >= 11 is 5.14. The molecule has 1 aliphatic rings. The highest BCUT2D eigenvalue weighted by Gasteiger charge is 2.35. The van der Waals surface area contributed by atoms with Gasteiger partial charge in [0.05, 0.1) is 5.69 Å². The molecular formula is C27H18F2N4O3S. The van der Waals surface area contributed by atoms with E-state index in [4.69, 9.17) is 12.2 Å². The van der Waals surface area contributed by atoms with Crippen LogP contribution >= 0.6 is 12.2 Å². The number of para-hydroxylation sites is 2. The number of thiocarbonyl (C=S) groups is 1. The molecule has 7 nitrogen and oxygen atoms in total. The number of amides is 3. The third-order valence-electron chi connectivity index (χ3n) is 5.76. The number of hydrogen-bond donors (Lipinski definition) is 2. The van der Waals surface area contributed by atoms with Crippen molar-refractivity contribution in [3.63, 3.8) is 0 Å². The third kappa shape index (κ3) is 4.74. The predicted octanol–water partition coefficient (Wildman–Crippen LogP) is 4.39. The van der Waals surface area contributed by atoms with Crippen LogP contribution in [0.1, 0.15) is 5.56 Å². The lowest BCUT2D eigenvalue weighted by molar-refractivity contribution is -0.122. The SMILES string of the molecule is O=C(Cn1cc(/C=C2\C(=O)NC(=S)N(c3ccccc3F)C2=O)c2ccccc21)Nc1ccc(F)cc1. The lowest BCUT2D eigenvalue weighted by atomic mass is 10.1. The standard InChI is InChI=1S/C27H18F2N4O3S/c28-17-9-11-18(12-10-17)30-24(34)15-32-14-16(19-5-1-3-7-22(19)32)13-20-25(35)31-27(37)33(26(20)36)23-8-4-2-6-21(23)29/h1-14H,15H2,(H,30,34)(H,31,35,37)/b20-13+. The maximum absolute atomic E-state index is 14.4. The van der Waals surface area contributed by atoms with Gasteiger partial charge in [0.15, 0.2) is 5.11 Å². The van der Waals surface area contributed by atoms with Crippen LogP contribution in [0, 0.1) is 11.6 Å². The highest BCUT2D eigenvalue weighted by Crippen LogP contribution is 2.28. The molecule has 0 saturated carbocycles. The van der Waals surface area contributed by atoms with E-state index < -0.39 is 23.4 Å². The molecule has 0 aliphatic carbocycles. The Morgan fingerprint density at radius 3 is 2.43 bits per heavy atom. The van der Waals surface area contributed by atoms with Crippen LogP contribution in [0.15, 0.2) is 84.6 Å². The van der Waals surface area contributed by atoms with E-state index in [-0.39, 0.29) is 28.8 Å². The van der Waals surface area contributed by atoms with Crippen LogP contribution in [0.3, 0.4) is 0 Å². The minimum atomic E-state index is -0.773. The lowest BCUT2D eigenvalue weighted by Crippen LogP contribution is -2.54. The highest BCUT2D eigenvalue weighted by atomic mass is 32.1. The number of nitrogens with one attached hydrogen (secondary N) is 2. The number of carbonyl (C=O) groups excluding carboxylic acids is 3. The Bertz CT molecular complexity index is 1610. The van der Waals surface area contributed by atoms with E-state index in [1.54, 1.807) is 41.1 Å². The van der Waals surface area contributed by atoms with Crippen molar-refractivity contribution in [1.82, 2.24) is 9.88 Å². The topological polar surface area (TPSA) is 83.4 Å². The summed E-state index contributed by atoms with van der Waals surface area (Å²) < 4.78 is 29.3. The third-order valence-corrected chi connectivity index (χ3v) is 6.04. The summed E-state index contributed by atoms with van der Waals surface area (Å²) in [6.45, 7) is -0.0767. The summed E-state index contributed by atoms with van der Waals surface area (Å²) in [4.78, 5) is 39.6. The highest BCUT2D eigenvalue weighted by molar-refractivity contribution is 7.80. The zero-order valence-electron chi connectivity index (χ0n) is 19.1. The van der Waals surface area contributed by atoms with Crippen molar-refractivity contribution in [2.45, 2.75) is 6.54 Å². The predicted molar refractivity (Wildman–Crippen MR) is 140 cm³/mol. The number of rotatable bonds is 5. The summed E-state index contributed by atoms with van der Waals surface area (Å²) in [7, 11) is 0. The van der Waals surface area contributed by atoms with Gasteiger partial charge in [-0.3, -0.25) is 19.7 Å². The van der Waals surface area contributed by atoms with E-state index >= 15 is 0 Å². The van der Waals surface area contributed by atoms with Crippen LogP contribution in [0.25, 0.3) is 17.0 Å². The van der Waals surface area contributed by atoms with Gasteiger partial charge in [-0.1, -0.05) is 30.3 Å². The van der Waals surface area contributed by atoms with Crippen molar-refractivity contribution in [2.75, 3.05) is 10.2 Å². The largest absolute Gasteiger partial charge is 0.337 e. The molecule has 1 fully saturated rings. The fraction of sp³-hybridized carbons (Fsp3) is 0.0370. The first kappa shape index (κ1) is 24.0. The van der Waals surface area contributed by atoms with E-state index in [0.717, 1.165) is 4.90 Å². The van der Waals surface area contributed by atoms with Crippen LogP contribution < -0.4 is 15.5 Å². The van der Waals surface area contributed by atoms with E-state index in [9.17, 15) is 23.2 Å². The number of nitrogens with zero attached hydrogens (tertiary/aromatic N) is 2. The second kappa shape index (κ2) is 9.75. The number of anilines is 2. The van der Waals surface area contributed by atoms with Crippen molar-refractivity contribution in [1.29, 1.82) is 0 Å². The van der Waals surface area contributed by atoms with Crippen LogP contribution in [0.4, 0.5) is 20.2 Å². The molecule has 0 radical (unpaired) electrons. The van der Waals surface area contributed by atoms with Gasteiger partial charge in [0.2, 0.25) is 5.91 Å². The number of benzene rings is 3. The first-order chi connectivity index (χ1) is 17.8. The van der Waals surface area contributed by atoms with Gasteiger partial charge in [-0.25, -0.2) is 13.7 Å². The molecule has 3 aromatic carbocycles. The Labute approximate surface area is 215 Å². The van der Waals surface area contributed by atoms with Crippen LogP contribution in [0.5, 0.6) is 0 Å². The molecule has 184 valence electrons. The number of carbonyl (C=O) groups is 3. The molecular weight excluding hydrogens is 498 g/mol. The number of hydrogen-bond acceptors (Lipinski definition) is 4. The van der Waals surface area contributed by atoms with Gasteiger partial charge >= 0.3 is 0 Å². The van der Waals surface area contributed by atoms with Gasteiger partial charge in [0.25, 0.3) is 11.8 Å². The molecule has 1 aromatic heterocycles. The molecule has 4 aromatic rings. The van der Waals surface area contributed by atoms with Crippen molar-refractivity contribution in [2.24, 2.45) is 0 Å². The van der Waals surface area contributed by atoms with Crippen molar-refractivity contribution in [3.8, 4) is 0 Å². The van der Waals surface area contributed by atoms with Crippen molar-refractivity contribution >= 4 is 63.4 Å². The fourth-order valence-corrected chi connectivity index (χ4v) is 4.35. The number of fused-ring (bicyclic) bond motifs is 1. The van der Waals surface area contributed by atoms with E-state index in [1.807, 2.05) is 0 Å². The van der Waals surface area contributed by atoms with E-state index in [0.29, 0.717) is 22.2 Å². The summed E-state index contributed by atoms with van der Waals surface area (Å²) in [5, 5.41) is 5.61. The first-order valence-electron chi connectivity index (χ1n) is 11.1. The number of aromatic nitrogens is 1. The quantitative estimate of drug-likeness (QED) is 0.234. The monoisotopic (exact) mass is 516 g/mol. The maximum atomic E-state index is 14.4. The van der Waals surface area contributed by atoms with Crippen LogP contribution in [0.2, 0.25) is 0 Å². The van der Waals surface area contributed by atoms with Gasteiger partial charge in [-0.2, -0.15) is 0 Å². The molecule has 0 atom stereocenters. The molecule has 2 N–H and O–H groups in total. The summed E-state index contributed by atoms with van der Waals surface area (Å²) in [5.74, 6) is -2.92. The molecule has 2 heterocycles. The molecule has 0 spiro atoms. The smallest absolute Gasteiger partial charge is 0.270 e. The zero-order valence-corrected chi connectivity index (χ0v) is 19.9. The zero-order chi connectivity index (χ0) is 26.1. The second-order valence-corrected chi connectivity index (χ2v) is 8.58. The van der Waals surface area contributed by atoms with Gasteiger partial charge in [-0.05, 0) is 60.8 Å². The van der Waals surface area contributed by atoms with Crippen LogP contribution in [-0.4, -0.2) is 27.4 Å². The molecule has 10 heteroatoms.